The second kappa shape index (κ2) is 9.29. The number of carbonyl (C=O) groups is 2. The van der Waals surface area contributed by atoms with Crippen molar-refractivity contribution in [1.82, 2.24) is 5.32 Å². The maximum Gasteiger partial charge on any atom is 0.341 e. The number of benzene rings is 2. The molecule has 0 radical (unpaired) electrons. The normalized spacial score (nSPS) is 16.1. The summed E-state index contributed by atoms with van der Waals surface area (Å²) in [4.78, 5) is 28.0. The first-order valence-corrected chi connectivity index (χ1v) is 9.74. The summed E-state index contributed by atoms with van der Waals surface area (Å²) in [5.74, 6) is -0.551. The van der Waals surface area contributed by atoms with E-state index in [0.29, 0.717) is 28.2 Å². The van der Waals surface area contributed by atoms with Crippen molar-refractivity contribution in [3.8, 4) is 11.5 Å². The van der Waals surface area contributed by atoms with Crippen LogP contribution in [0.25, 0.3) is 6.08 Å². The topological polar surface area (TPSA) is 97.2 Å². The molecular weight excluding hydrogens is 392 g/mol. The van der Waals surface area contributed by atoms with Gasteiger partial charge < -0.3 is 19.9 Å². The van der Waals surface area contributed by atoms with Crippen LogP contribution in [0.15, 0.2) is 52.4 Å². The predicted octanol–water partition coefficient (Wildman–Crippen LogP) is 3.75. The number of carboxylic acids is 1. The fraction of sp³-hybridized carbons (Fsp3) is 0.190. The largest absolute Gasteiger partial charge is 0.490 e. The Morgan fingerprint density at radius 1 is 1.21 bits per heavy atom. The van der Waals surface area contributed by atoms with E-state index in [1.54, 1.807) is 24.3 Å². The highest BCUT2D eigenvalue weighted by molar-refractivity contribution is 8.18. The van der Waals surface area contributed by atoms with Gasteiger partial charge in [0.1, 0.15) is 0 Å². The maximum absolute atomic E-state index is 12.3. The predicted molar refractivity (Wildman–Crippen MR) is 113 cm³/mol. The number of carbonyl (C=O) groups excluding carboxylic acids is 1. The Morgan fingerprint density at radius 2 is 2.03 bits per heavy atom. The van der Waals surface area contributed by atoms with Gasteiger partial charge in [-0.1, -0.05) is 18.2 Å². The third kappa shape index (κ3) is 5.61. The molecule has 1 amide bonds. The molecule has 1 aliphatic heterocycles. The van der Waals surface area contributed by atoms with Crippen molar-refractivity contribution in [2.24, 2.45) is 4.99 Å². The summed E-state index contributed by atoms with van der Waals surface area (Å²) in [7, 11) is 0. The molecule has 8 heteroatoms. The zero-order valence-corrected chi connectivity index (χ0v) is 16.8. The molecule has 0 aliphatic carbocycles. The number of nitrogens with zero attached hydrogens (tertiary/aromatic N) is 1. The summed E-state index contributed by atoms with van der Waals surface area (Å²) in [6, 6.07) is 12.8. The molecule has 2 aromatic carbocycles. The van der Waals surface area contributed by atoms with Crippen LogP contribution in [0.2, 0.25) is 0 Å². The van der Waals surface area contributed by atoms with Crippen LogP contribution in [0.4, 0.5) is 5.69 Å². The van der Waals surface area contributed by atoms with E-state index in [0.717, 1.165) is 16.8 Å². The van der Waals surface area contributed by atoms with Gasteiger partial charge in [-0.25, -0.2) is 9.79 Å². The van der Waals surface area contributed by atoms with Gasteiger partial charge in [-0.2, -0.15) is 0 Å². The van der Waals surface area contributed by atoms with Gasteiger partial charge in [-0.15, -0.1) is 0 Å². The van der Waals surface area contributed by atoms with Gasteiger partial charge in [-0.05, 0) is 67.1 Å². The van der Waals surface area contributed by atoms with E-state index in [2.05, 4.69) is 10.3 Å². The number of hydrogen-bond donors (Lipinski definition) is 2. The van der Waals surface area contributed by atoms with Crippen molar-refractivity contribution in [3.05, 3.63) is 58.5 Å². The summed E-state index contributed by atoms with van der Waals surface area (Å²) >= 11 is 1.25. The molecule has 1 fully saturated rings. The van der Waals surface area contributed by atoms with Gasteiger partial charge in [0.15, 0.2) is 23.3 Å². The Labute approximate surface area is 172 Å². The molecule has 0 unspecified atom stereocenters. The van der Waals surface area contributed by atoms with Crippen LogP contribution in [0.1, 0.15) is 18.1 Å². The summed E-state index contributed by atoms with van der Waals surface area (Å²) in [6.07, 6.45) is 1.72. The summed E-state index contributed by atoms with van der Waals surface area (Å²) in [6.45, 7) is 3.74. The maximum atomic E-state index is 12.3. The third-order valence-electron chi connectivity index (χ3n) is 3.80. The quantitative estimate of drug-likeness (QED) is 0.673. The Morgan fingerprint density at radius 3 is 2.76 bits per heavy atom. The molecule has 29 heavy (non-hydrogen) atoms. The zero-order chi connectivity index (χ0) is 20.8. The Hall–Kier alpha value is -3.26. The number of ether oxygens (including phenoxy) is 2. The standard InChI is InChI=1S/C21H20N2O5S/c1-3-27-17-10-14(7-8-16(17)28-12-19(24)25)11-18-20(26)23-21(29-18)22-15-6-4-5-13(2)9-15/h4-11H,3,12H2,1-2H3,(H,24,25)(H,22,23,26)/b18-11+. The number of carboxylic acid groups (broad SMARTS) is 1. The molecule has 7 nitrogen and oxygen atoms in total. The number of aryl methyl sites for hydroxylation is 1. The number of nitrogens with one attached hydrogen (secondary N) is 1. The fourth-order valence-corrected chi connectivity index (χ4v) is 3.43. The lowest BCUT2D eigenvalue weighted by Crippen LogP contribution is -2.19. The molecule has 0 atom stereocenters. The van der Waals surface area contributed by atoms with Crippen LogP contribution in [-0.4, -0.2) is 35.4 Å². The van der Waals surface area contributed by atoms with E-state index in [9.17, 15) is 9.59 Å². The number of aliphatic imine (C=N–C) groups is 1. The van der Waals surface area contributed by atoms with Crippen LogP contribution < -0.4 is 14.8 Å². The van der Waals surface area contributed by atoms with Gasteiger partial charge >= 0.3 is 5.97 Å². The van der Waals surface area contributed by atoms with E-state index >= 15 is 0 Å². The number of rotatable bonds is 7. The van der Waals surface area contributed by atoms with Crippen LogP contribution in [0.3, 0.4) is 0 Å². The molecule has 2 N–H and O–H groups in total. The molecule has 1 saturated heterocycles. The average molecular weight is 412 g/mol. The van der Waals surface area contributed by atoms with E-state index in [-0.39, 0.29) is 5.91 Å². The van der Waals surface area contributed by atoms with Crippen LogP contribution in [-0.2, 0) is 9.59 Å². The highest BCUT2D eigenvalue weighted by atomic mass is 32.2. The smallest absolute Gasteiger partial charge is 0.341 e. The van der Waals surface area contributed by atoms with Crippen molar-refractivity contribution in [1.29, 1.82) is 0 Å². The van der Waals surface area contributed by atoms with E-state index in [4.69, 9.17) is 14.6 Å². The molecule has 1 aliphatic rings. The van der Waals surface area contributed by atoms with Crippen molar-refractivity contribution in [2.75, 3.05) is 13.2 Å². The van der Waals surface area contributed by atoms with Crippen molar-refractivity contribution < 1.29 is 24.2 Å². The first-order chi connectivity index (χ1) is 13.9. The number of amides is 1. The number of thioether (sulfide) groups is 1. The SMILES string of the molecule is CCOc1cc(/C=C2/SC(=Nc3cccc(C)c3)NC2=O)ccc1OCC(=O)O. The lowest BCUT2D eigenvalue weighted by molar-refractivity contribution is -0.139. The molecule has 1 heterocycles. The van der Waals surface area contributed by atoms with Crippen molar-refractivity contribution in [3.63, 3.8) is 0 Å². The van der Waals surface area contributed by atoms with Gasteiger partial charge in [0.05, 0.1) is 17.2 Å². The fourth-order valence-electron chi connectivity index (χ4n) is 2.59. The first-order valence-electron chi connectivity index (χ1n) is 8.92. The van der Waals surface area contributed by atoms with Gasteiger partial charge in [-0.3, -0.25) is 4.79 Å². The van der Waals surface area contributed by atoms with E-state index in [1.165, 1.54) is 11.8 Å². The van der Waals surface area contributed by atoms with Gasteiger partial charge in [0, 0.05) is 0 Å². The molecule has 3 rings (SSSR count). The van der Waals surface area contributed by atoms with Crippen LogP contribution in [0.5, 0.6) is 11.5 Å². The van der Waals surface area contributed by atoms with E-state index < -0.39 is 12.6 Å². The minimum atomic E-state index is -1.07. The molecule has 0 bridgehead atoms. The summed E-state index contributed by atoms with van der Waals surface area (Å²) < 4.78 is 10.8. The van der Waals surface area contributed by atoms with E-state index in [1.807, 2.05) is 38.1 Å². The highest BCUT2D eigenvalue weighted by Crippen LogP contribution is 2.32. The molecule has 0 aromatic heterocycles. The number of hydrogen-bond acceptors (Lipinski definition) is 6. The molecule has 0 saturated carbocycles. The second-order valence-electron chi connectivity index (χ2n) is 6.14. The Kier molecular flexibility index (Phi) is 6.56. The molecule has 2 aromatic rings. The Bertz CT molecular complexity index is 1000. The molecule has 150 valence electrons. The lowest BCUT2D eigenvalue weighted by atomic mass is 10.2. The number of aliphatic carboxylic acids is 1. The first kappa shape index (κ1) is 20.5. The van der Waals surface area contributed by atoms with Gasteiger partial charge in [0.25, 0.3) is 5.91 Å². The minimum absolute atomic E-state index is 0.231. The van der Waals surface area contributed by atoms with Crippen molar-refractivity contribution >= 4 is 40.6 Å². The Balaban J connectivity index is 1.81. The molecule has 0 spiro atoms. The second-order valence-corrected chi connectivity index (χ2v) is 7.17. The van der Waals surface area contributed by atoms with Crippen LogP contribution >= 0.6 is 11.8 Å². The van der Waals surface area contributed by atoms with Crippen LogP contribution in [0, 0.1) is 6.92 Å². The molecular formula is C21H20N2O5S. The van der Waals surface area contributed by atoms with Gasteiger partial charge in [0.2, 0.25) is 0 Å². The third-order valence-corrected chi connectivity index (χ3v) is 4.71. The summed E-state index contributed by atoms with van der Waals surface area (Å²) in [5.41, 5.74) is 2.59. The minimum Gasteiger partial charge on any atom is -0.490 e. The summed E-state index contributed by atoms with van der Waals surface area (Å²) in [5, 5.41) is 12.1. The van der Waals surface area contributed by atoms with Crippen molar-refractivity contribution in [2.45, 2.75) is 13.8 Å². The highest BCUT2D eigenvalue weighted by Gasteiger charge is 2.24. The average Bonchev–Trinajstić information content (AvgIpc) is 3.00. The lowest BCUT2D eigenvalue weighted by Gasteiger charge is -2.11. The number of amidine groups is 1. The zero-order valence-electron chi connectivity index (χ0n) is 16.0. The monoisotopic (exact) mass is 412 g/mol.